The molecule has 0 unspecified atom stereocenters. The van der Waals surface area contributed by atoms with E-state index in [2.05, 4.69) is 32.6 Å². The SMILES string of the molecule is CC(C)[C@H]1C[C@@H]2C[C@@H]2[C@]12OCCCN2C(C)C. The lowest BCUT2D eigenvalue weighted by molar-refractivity contribution is -0.236. The molecule has 2 nitrogen and oxygen atoms in total. The maximum Gasteiger partial charge on any atom is 0.128 e. The standard InChI is InChI=1S/C15H27NO/c1-10(2)13-8-12-9-14(12)15(13)16(11(3)4)6-5-7-17-15/h10-14H,5-9H2,1-4H3/t12-,13-,14+,15-/m1/s1. The van der Waals surface area contributed by atoms with E-state index in [1.165, 1.54) is 25.8 Å². The summed E-state index contributed by atoms with van der Waals surface area (Å²) in [6.07, 6.45) is 4.04. The summed E-state index contributed by atoms with van der Waals surface area (Å²) in [4.78, 5) is 2.69. The minimum absolute atomic E-state index is 0.116. The van der Waals surface area contributed by atoms with Crippen molar-refractivity contribution < 1.29 is 4.74 Å². The minimum Gasteiger partial charge on any atom is -0.360 e. The van der Waals surface area contributed by atoms with Crippen LogP contribution in [-0.2, 0) is 4.74 Å². The summed E-state index contributed by atoms with van der Waals surface area (Å²) in [6.45, 7) is 11.7. The van der Waals surface area contributed by atoms with Crippen LogP contribution in [0.25, 0.3) is 0 Å². The van der Waals surface area contributed by atoms with Gasteiger partial charge in [0, 0.05) is 24.4 Å². The molecular weight excluding hydrogens is 210 g/mol. The van der Waals surface area contributed by atoms with Gasteiger partial charge in [-0.05, 0) is 44.9 Å². The monoisotopic (exact) mass is 237 g/mol. The quantitative estimate of drug-likeness (QED) is 0.731. The predicted molar refractivity (Wildman–Crippen MR) is 69.7 cm³/mol. The molecule has 2 aliphatic carbocycles. The summed E-state index contributed by atoms with van der Waals surface area (Å²) in [5.74, 6) is 3.33. The Morgan fingerprint density at radius 2 is 1.94 bits per heavy atom. The van der Waals surface area contributed by atoms with Crippen LogP contribution in [0.4, 0.5) is 0 Å². The van der Waals surface area contributed by atoms with Crippen LogP contribution >= 0.6 is 0 Å². The third-order valence-corrected chi connectivity index (χ3v) is 5.30. The van der Waals surface area contributed by atoms with E-state index in [4.69, 9.17) is 4.74 Å². The van der Waals surface area contributed by atoms with Crippen molar-refractivity contribution in [2.45, 2.75) is 58.7 Å². The van der Waals surface area contributed by atoms with Crippen LogP contribution in [0, 0.1) is 23.7 Å². The summed E-state index contributed by atoms with van der Waals surface area (Å²) < 4.78 is 6.45. The predicted octanol–water partition coefficient (Wildman–Crippen LogP) is 3.13. The van der Waals surface area contributed by atoms with Gasteiger partial charge in [-0.1, -0.05) is 13.8 Å². The second kappa shape index (κ2) is 3.96. The van der Waals surface area contributed by atoms with Crippen molar-refractivity contribution in [1.82, 2.24) is 4.90 Å². The molecule has 0 bridgehead atoms. The van der Waals surface area contributed by atoms with Crippen LogP contribution in [0.5, 0.6) is 0 Å². The summed E-state index contributed by atoms with van der Waals surface area (Å²) in [5, 5.41) is 0. The fraction of sp³-hybridized carbons (Fsp3) is 1.00. The van der Waals surface area contributed by atoms with Crippen molar-refractivity contribution in [3.63, 3.8) is 0 Å². The van der Waals surface area contributed by atoms with E-state index in [1.807, 2.05) is 0 Å². The second-order valence-corrected chi connectivity index (χ2v) is 6.93. The zero-order valence-corrected chi connectivity index (χ0v) is 11.8. The largest absolute Gasteiger partial charge is 0.360 e. The van der Waals surface area contributed by atoms with Crippen molar-refractivity contribution in [2.75, 3.05) is 13.2 Å². The molecule has 0 aromatic rings. The van der Waals surface area contributed by atoms with Crippen LogP contribution in [0.1, 0.15) is 47.0 Å². The Morgan fingerprint density at radius 3 is 2.59 bits per heavy atom. The molecule has 17 heavy (non-hydrogen) atoms. The molecule has 3 aliphatic rings. The van der Waals surface area contributed by atoms with Gasteiger partial charge < -0.3 is 4.74 Å². The maximum absolute atomic E-state index is 6.45. The molecule has 3 rings (SSSR count). The van der Waals surface area contributed by atoms with E-state index in [-0.39, 0.29) is 5.72 Å². The van der Waals surface area contributed by atoms with Gasteiger partial charge in [-0.15, -0.1) is 0 Å². The number of rotatable bonds is 2. The molecule has 0 N–H and O–H groups in total. The van der Waals surface area contributed by atoms with Crippen LogP contribution in [-0.4, -0.2) is 29.8 Å². The van der Waals surface area contributed by atoms with Crippen molar-refractivity contribution in [3.8, 4) is 0 Å². The minimum atomic E-state index is 0.116. The molecule has 2 saturated carbocycles. The second-order valence-electron chi connectivity index (χ2n) is 6.93. The number of fused-ring (bicyclic) bond motifs is 2. The molecule has 4 atom stereocenters. The first-order valence-corrected chi connectivity index (χ1v) is 7.48. The number of ether oxygens (including phenoxy) is 1. The number of hydrogen-bond donors (Lipinski definition) is 0. The maximum atomic E-state index is 6.45. The molecule has 0 aromatic heterocycles. The lowest BCUT2D eigenvalue weighted by atomic mass is 9.82. The highest BCUT2D eigenvalue weighted by molar-refractivity contribution is 5.14. The molecule has 3 fully saturated rings. The summed E-state index contributed by atoms with van der Waals surface area (Å²) in [7, 11) is 0. The average Bonchev–Trinajstić information content (AvgIpc) is 2.99. The van der Waals surface area contributed by atoms with E-state index in [0.29, 0.717) is 6.04 Å². The third-order valence-electron chi connectivity index (χ3n) is 5.30. The van der Waals surface area contributed by atoms with Gasteiger partial charge in [-0.2, -0.15) is 0 Å². The van der Waals surface area contributed by atoms with Gasteiger partial charge in [0.05, 0.1) is 6.61 Å². The molecule has 1 aliphatic heterocycles. The first-order valence-electron chi connectivity index (χ1n) is 7.48. The number of nitrogens with zero attached hydrogens (tertiary/aromatic N) is 1. The zero-order chi connectivity index (χ0) is 12.2. The van der Waals surface area contributed by atoms with Crippen LogP contribution < -0.4 is 0 Å². The fourth-order valence-corrected chi connectivity index (χ4v) is 4.56. The molecule has 0 radical (unpaired) electrons. The van der Waals surface area contributed by atoms with Crippen LogP contribution in [0.15, 0.2) is 0 Å². The molecule has 1 heterocycles. The van der Waals surface area contributed by atoms with E-state index in [0.717, 1.165) is 30.3 Å². The Kier molecular flexibility index (Phi) is 2.79. The van der Waals surface area contributed by atoms with Gasteiger partial charge >= 0.3 is 0 Å². The van der Waals surface area contributed by atoms with Gasteiger partial charge in [0.1, 0.15) is 5.72 Å². The van der Waals surface area contributed by atoms with Gasteiger partial charge in [0.25, 0.3) is 0 Å². The Morgan fingerprint density at radius 1 is 1.18 bits per heavy atom. The van der Waals surface area contributed by atoms with E-state index >= 15 is 0 Å². The zero-order valence-electron chi connectivity index (χ0n) is 11.8. The van der Waals surface area contributed by atoms with Crippen LogP contribution in [0.3, 0.4) is 0 Å². The number of hydrogen-bond acceptors (Lipinski definition) is 2. The van der Waals surface area contributed by atoms with Crippen molar-refractivity contribution >= 4 is 0 Å². The highest BCUT2D eigenvalue weighted by Crippen LogP contribution is 2.65. The van der Waals surface area contributed by atoms with Crippen molar-refractivity contribution in [2.24, 2.45) is 23.7 Å². The van der Waals surface area contributed by atoms with Crippen molar-refractivity contribution in [3.05, 3.63) is 0 Å². The smallest absolute Gasteiger partial charge is 0.128 e. The normalized spacial score (nSPS) is 45.9. The Bertz CT molecular complexity index is 301. The summed E-state index contributed by atoms with van der Waals surface area (Å²) >= 11 is 0. The summed E-state index contributed by atoms with van der Waals surface area (Å²) in [5.41, 5.74) is 0.116. The average molecular weight is 237 g/mol. The molecule has 98 valence electrons. The molecule has 0 aromatic carbocycles. The molecule has 0 amide bonds. The molecule has 2 heteroatoms. The van der Waals surface area contributed by atoms with Gasteiger partial charge in [-0.3, -0.25) is 4.90 Å². The van der Waals surface area contributed by atoms with E-state index in [9.17, 15) is 0 Å². The Balaban J connectivity index is 1.94. The lowest BCUT2D eigenvalue weighted by Gasteiger charge is -2.52. The highest BCUT2D eigenvalue weighted by Gasteiger charge is 2.67. The van der Waals surface area contributed by atoms with Gasteiger partial charge in [0.2, 0.25) is 0 Å². The van der Waals surface area contributed by atoms with E-state index < -0.39 is 0 Å². The first-order chi connectivity index (χ1) is 8.07. The molecular formula is C15H27NO. The van der Waals surface area contributed by atoms with Gasteiger partial charge in [0.15, 0.2) is 0 Å². The Labute approximate surface area is 106 Å². The topological polar surface area (TPSA) is 12.5 Å². The van der Waals surface area contributed by atoms with Crippen LogP contribution in [0.2, 0.25) is 0 Å². The lowest BCUT2D eigenvalue weighted by Crippen LogP contribution is -2.62. The highest BCUT2D eigenvalue weighted by atomic mass is 16.5. The van der Waals surface area contributed by atoms with Gasteiger partial charge in [-0.25, -0.2) is 0 Å². The fourth-order valence-electron chi connectivity index (χ4n) is 4.56. The molecule has 1 saturated heterocycles. The summed E-state index contributed by atoms with van der Waals surface area (Å²) in [6, 6.07) is 0.621. The molecule has 1 spiro atoms. The third kappa shape index (κ3) is 1.60. The Hall–Kier alpha value is -0.0800. The van der Waals surface area contributed by atoms with Crippen molar-refractivity contribution in [1.29, 1.82) is 0 Å². The first kappa shape index (κ1) is 12.0. The van der Waals surface area contributed by atoms with E-state index in [1.54, 1.807) is 0 Å².